The number of methoxy groups -OCH3 is 2. The van der Waals surface area contributed by atoms with Crippen LogP contribution in [0.4, 0.5) is 4.39 Å². The van der Waals surface area contributed by atoms with Gasteiger partial charge in [-0.1, -0.05) is 61.1 Å². The number of carbonyl (C=O) groups excluding carboxylic acids is 1. The first kappa shape index (κ1) is 20.5. The van der Waals surface area contributed by atoms with Crippen molar-refractivity contribution in [3.8, 4) is 11.5 Å². The van der Waals surface area contributed by atoms with Crippen LogP contribution in [0.15, 0.2) is 30.3 Å². The summed E-state index contributed by atoms with van der Waals surface area (Å²) in [6, 6.07) is 7.54. The average Bonchev–Trinajstić information content (AvgIpc) is 2.62. The smallest absolute Gasteiger partial charge is 0.179 e. The highest BCUT2D eigenvalue weighted by Gasteiger charge is 2.29. The number of Topliss-reactive ketones (excluding diaryl/α,β-unsaturated/α-hetero) is 1. The zero-order valence-electron chi connectivity index (χ0n) is 13.2. The fourth-order valence-electron chi connectivity index (χ4n) is 2.19. The first-order chi connectivity index (χ1) is 11.8. The Bertz CT molecular complexity index is 802. The summed E-state index contributed by atoms with van der Waals surface area (Å²) in [5.41, 5.74) is 0.828. The van der Waals surface area contributed by atoms with Crippen molar-refractivity contribution in [2.75, 3.05) is 14.2 Å². The molecule has 0 fully saturated rings. The molecule has 2 unspecified atom stereocenters. The van der Waals surface area contributed by atoms with Gasteiger partial charge in [0.25, 0.3) is 0 Å². The Morgan fingerprint density at radius 2 is 1.68 bits per heavy atom. The van der Waals surface area contributed by atoms with Crippen molar-refractivity contribution < 1.29 is 18.7 Å². The molecule has 2 aromatic carbocycles. The summed E-state index contributed by atoms with van der Waals surface area (Å²) < 4.78 is 24.2. The molecule has 0 aliphatic carbocycles. The quantitative estimate of drug-likeness (QED) is 0.260. The van der Waals surface area contributed by atoms with E-state index in [-0.39, 0.29) is 21.4 Å². The maximum Gasteiger partial charge on any atom is 0.179 e. The fraction of sp³-hybridized carbons (Fsp3) is 0.235. The maximum absolute atomic E-state index is 13.7. The van der Waals surface area contributed by atoms with Gasteiger partial charge in [-0.15, -0.1) is 0 Å². The van der Waals surface area contributed by atoms with Crippen LogP contribution in [0.3, 0.4) is 0 Å². The van der Waals surface area contributed by atoms with E-state index in [4.69, 9.17) is 32.7 Å². The summed E-state index contributed by atoms with van der Waals surface area (Å²) in [6.45, 7) is 0. The molecule has 0 aliphatic rings. The zero-order valence-corrected chi connectivity index (χ0v) is 17.8. The highest BCUT2D eigenvalue weighted by molar-refractivity contribution is 9.12. The van der Waals surface area contributed by atoms with Crippen molar-refractivity contribution in [3.63, 3.8) is 0 Å². The van der Waals surface area contributed by atoms with Crippen LogP contribution < -0.4 is 9.47 Å². The first-order valence-corrected chi connectivity index (χ1v) is 9.57. The summed E-state index contributed by atoms with van der Waals surface area (Å²) in [7, 11) is 3.06. The summed E-state index contributed by atoms with van der Waals surface area (Å²) in [5.74, 6) is 0.0296. The molecular weight excluding hydrogens is 502 g/mol. The van der Waals surface area contributed by atoms with Crippen molar-refractivity contribution in [1.82, 2.24) is 0 Å². The van der Waals surface area contributed by atoms with E-state index in [2.05, 4.69) is 31.9 Å². The molecule has 2 aromatic rings. The van der Waals surface area contributed by atoms with E-state index in [0.29, 0.717) is 11.5 Å². The second-order valence-electron chi connectivity index (χ2n) is 5.03. The molecule has 0 saturated carbocycles. The number of ether oxygens (including phenoxy) is 2. The third kappa shape index (κ3) is 4.48. The van der Waals surface area contributed by atoms with Crippen LogP contribution in [0.2, 0.25) is 10.0 Å². The van der Waals surface area contributed by atoms with E-state index >= 15 is 0 Å². The third-order valence-electron chi connectivity index (χ3n) is 3.51. The molecule has 0 N–H and O–H groups in total. The number of carbonyl (C=O) groups is 1. The van der Waals surface area contributed by atoms with Crippen LogP contribution in [-0.2, 0) is 0 Å². The Labute approximate surface area is 171 Å². The van der Waals surface area contributed by atoms with Gasteiger partial charge in [0, 0.05) is 5.56 Å². The Kier molecular flexibility index (Phi) is 7.14. The largest absolute Gasteiger partial charge is 0.493 e. The monoisotopic (exact) mass is 512 g/mol. The number of hydrogen-bond donors (Lipinski definition) is 0. The maximum atomic E-state index is 13.7. The molecule has 0 radical (unpaired) electrons. The number of alkyl halides is 2. The molecule has 0 aromatic heterocycles. The Morgan fingerprint density at radius 1 is 1.04 bits per heavy atom. The highest BCUT2D eigenvalue weighted by Crippen LogP contribution is 2.38. The molecule has 0 spiro atoms. The van der Waals surface area contributed by atoms with Crippen molar-refractivity contribution in [3.05, 3.63) is 57.3 Å². The minimum atomic E-state index is -0.702. The van der Waals surface area contributed by atoms with Crippen molar-refractivity contribution >= 4 is 60.8 Å². The predicted molar refractivity (Wildman–Crippen MR) is 105 cm³/mol. The minimum Gasteiger partial charge on any atom is -0.493 e. The van der Waals surface area contributed by atoms with Gasteiger partial charge >= 0.3 is 0 Å². The molecule has 2 atom stereocenters. The zero-order chi connectivity index (χ0) is 18.7. The number of rotatable bonds is 6. The van der Waals surface area contributed by atoms with E-state index in [0.717, 1.165) is 11.6 Å². The molecule has 8 heteroatoms. The third-order valence-corrected chi connectivity index (χ3v) is 6.82. The first-order valence-electron chi connectivity index (χ1n) is 6.99. The Hall–Kier alpha value is -0.820. The van der Waals surface area contributed by atoms with Gasteiger partial charge in [-0.25, -0.2) is 4.39 Å². The van der Waals surface area contributed by atoms with Gasteiger partial charge in [0.2, 0.25) is 0 Å². The predicted octanol–water partition coefficient (Wildman–Crippen LogP) is 6.23. The lowest BCUT2D eigenvalue weighted by atomic mass is 10.0. The molecule has 0 bridgehead atoms. The van der Waals surface area contributed by atoms with E-state index < -0.39 is 15.5 Å². The lowest BCUT2D eigenvalue weighted by Gasteiger charge is -2.18. The molecule has 25 heavy (non-hydrogen) atoms. The van der Waals surface area contributed by atoms with Crippen LogP contribution in [0, 0.1) is 5.82 Å². The molecule has 0 heterocycles. The van der Waals surface area contributed by atoms with Gasteiger partial charge in [-0.05, 0) is 29.8 Å². The van der Waals surface area contributed by atoms with Crippen LogP contribution in [0.5, 0.6) is 11.5 Å². The fourth-order valence-corrected chi connectivity index (χ4v) is 3.74. The number of halogens is 5. The van der Waals surface area contributed by atoms with Crippen molar-refractivity contribution in [1.29, 1.82) is 0 Å². The second-order valence-corrected chi connectivity index (χ2v) is 7.82. The van der Waals surface area contributed by atoms with Gasteiger partial charge < -0.3 is 9.47 Å². The highest BCUT2D eigenvalue weighted by atomic mass is 79.9. The van der Waals surface area contributed by atoms with E-state index in [1.165, 1.54) is 20.3 Å². The summed E-state index contributed by atoms with van der Waals surface area (Å²) in [6.07, 6.45) is 0. The number of benzene rings is 2. The molecule has 0 saturated heterocycles. The van der Waals surface area contributed by atoms with E-state index in [1.54, 1.807) is 18.2 Å². The van der Waals surface area contributed by atoms with Gasteiger partial charge in [0.1, 0.15) is 5.82 Å². The normalized spacial score (nSPS) is 13.2. The average molecular weight is 515 g/mol. The number of hydrogen-bond acceptors (Lipinski definition) is 3. The van der Waals surface area contributed by atoms with Crippen LogP contribution in [0.25, 0.3) is 0 Å². The number of ketones is 1. The van der Waals surface area contributed by atoms with Gasteiger partial charge in [-0.2, -0.15) is 0 Å². The van der Waals surface area contributed by atoms with Gasteiger partial charge in [0.15, 0.2) is 17.3 Å². The van der Waals surface area contributed by atoms with E-state index in [1.807, 2.05) is 0 Å². The van der Waals surface area contributed by atoms with E-state index in [9.17, 15) is 9.18 Å². The van der Waals surface area contributed by atoms with Crippen LogP contribution >= 0.6 is 55.1 Å². The van der Waals surface area contributed by atoms with Crippen LogP contribution in [0.1, 0.15) is 20.7 Å². The topological polar surface area (TPSA) is 35.5 Å². The van der Waals surface area contributed by atoms with Gasteiger partial charge in [0.05, 0.1) is 33.9 Å². The molecule has 0 aliphatic heterocycles. The minimum absolute atomic E-state index is 0.0513. The summed E-state index contributed by atoms with van der Waals surface area (Å²) >= 11 is 18.6. The molecule has 3 nitrogen and oxygen atoms in total. The summed E-state index contributed by atoms with van der Waals surface area (Å²) in [5, 5.41) is -0.0455. The van der Waals surface area contributed by atoms with Crippen molar-refractivity contribution in [2.24, 2.45) is 0 Å². The lowest BCUT2D eigenvalue weighted by molar-refractivity contribution is 0.0990. The van der Waals surface area contributed by atoms with Crippen LogP contribution in [-0.4, -0.2) is 24.8 Å². The van der Waals surface area contributed by atoms with Crippen molar-refractivity contribution in [2.45, 2.75) is 9.65 Å². The van der Waals surface area contributed by atoms with Gasteiger partial charge in [-0.3, -0.25) is 4.79 Å². The Balaban J connectivity index is 2.32. The molecule has 2 rings (SSSR count). The molecule has 0 amide bonds. The lowest BCUT2D eigenvalue weighted by Crippen LogP contribution is -2.20. The Morgan fingerprint density at radius 3 is 2.28 bits per heavy atom. The molecule has 134 valence electrons. The molecular formula is C17H13Br2Cl2FO3. The standard InChI is InChI=1S/C17H13Br2Cl2FO3/c1-24-13-4-3-8(5-14(13)25-2)15(18)16(19)17(23)9-6-12(22)11(21)7-10(9)20/h3-7,15-16H,1-2H3. The summed E-state index contributed by atoms with van der Waals surface area (Å²) in [4.78, 5) is 11.6. The second kappa shape index (κ2) is 8.71. The SMILES string of the molecule is COc1ccc(C(Br)C(Br)C(=O)c2cc(F)c(Cl)cc2Cl)cc1OC.